The van der Waals surface area contributed by atoms with Crippen LogP contribution >= 0.6 is 0 Å². The molecule has 1 saturated heterocycles. The van der Waals surface area contributed by atoms with Crippen molar-refractivity contribution < 1.29 is 44.5 Å². The van der Waals surface area contributed by atoms with Gasteiger partial charge in [-0.05, 0) is 38.8 Å². The van der Waals surface area contributed by atoms with Crippen LogP contribution in [0.3, 0.4) is 0 Å². The van der Waals surface area contributed by atoms with E-state index >= 15 is 0 Å². The first-order valence-electron chi connectivity index (χ1n) is 10.6. The molecule has 1 N–H and O–H groups in total. The summed E-state index contributed by atoms with van der Waals surface area (Å²) in [5.74, 6) is -2.39. The standard InChI is InChI=1S/C21H28F4N2O6S/c1-5-21(24,25)34(30,31)33-15-7-6-13(16(23)11-15)10-17(26-19(29)32-20(2,3)4)18(28)27-9-8-14(22)12-27/h6-7,11,14,17H,5,8-10,12H2,1-4H3,(H,26,29). The minimum Gasteiger partial charge on any atom is -0.444 e. The molecule has 8 nitrogen and oxygen atoms in total. The van der Waals surface area contributed by atoms with Crippen molar-refractivity contribution in [3.63, 3.8) is 0 Å². The molecule has 1 aliphatic rings. The molecule has 0 aromatic heterocycles. The van der Waals surface area contributed by atoms with E-state index in [9.17, 15) is 35.6 Å². The summed E-state index contributed by atoms with van der Waals surface area (Å²) >= 11 is 0. The van der Waals surface area contributed by atoms with Crippen molar-refractivity contribution in [2.45, 2.75) is 70.0 Å². The summed E-state index contributed by atoms with van der Waals surface area (Å²) < 4.78 is 88.2. The first kappa shape index (κ1) is 27.7. The van der Waals surface area contributed by atoms with Crippen LogP contribution in [0.5, 0.6) is 5.75 Å². The number of nitrogens with zero attached hydrogens (tertiary/aromatic N) is 1. The van der Waals surface area contributed by atoms with Gasteiger partial charge in [0.1, 0.15) is 29.4 Å². The molecule has 1 fully saturated rings. The highest BCUT2D eigenvalue weighted by Crippen LogP contribution is 2.29. The van der Waals surface area contributed by atoms with Crippen LogP contribution in [0.15, 0.2) is 18.2 Å². The Bertz CT molecular complexity index is 1010. The molecule has 1 aromatic rings. The minimum absolute atomic E-state index is 0.116. The number of alkyl halides is 3. The molecule has 0 spiro atoms. The van der Waals surface area contributed by atoms with Gasteiger partial charge in [-0.15, -0.1) is 0 Å². The largest absolute Gasteiger partial charge is 0.444 e. The molecule has 2 amide bonds. The van der Waals surface area contributed by atoms with Gasteiger partial charge < -0.3 is 19.1 Å². The van der Waals surface area contributed by atoms with Gasteiger partial charge in [-0.1, -0.05) is 13.0 Å². The lowest BCUT2D eigenvalue weighted by Gasteiger charge is -2.26. The van der Waals surface area contributed by atoms with Gasteiger partial charge >= 0.3 is 21.5 Å². The molecule has 2 atom stereocenters. The van der Waals surface area contributed by atoms with Gasteiger partial charge in [0, 0.05) is 25.5 Å². The minimum atomic E-state index is -5.35. The number of amides is 2. The van der Waals surface area contributed by atoms with Crippen molar-refractivity contribution in [2.75, 3.05) is 13.1 Å². The SMILES string of the molecule is CCC(F)(F)S(=O)(=O)Oc1ccc(CC(NC(=O)OC(C)(C)C)C(=O)N2CCC(F)C2)c(F)c1. The quantitative estimate of drug-likeness (QED) is 0.422. The number of nitrogens with one attached hydrogen (secondary N) is 1. The van der Waals surface area contributed by atoms with Crippen LogP contribution in [-0.2, 0) is 26.1 Å². The maximum Gasteiger partial charge on any atom is 0.408 e. The summed E-state index contributed by atoms with van der Waals surface area (Å²) in [5.41, 5.74) is -1.02. The Balaban J connectivity index is 2.24. The van der Waals surface area contributed by atoms with Crippen LogP contribution in [0.2, 0.25) is 0 Å². The smallest absolute Gasteiger partial charge is 0.408 e. The van der Waals surface area contributed by atoms with Gasteiger partial charge in [0.05, 0.1) is 6.54 Å². The van der Waals surface area contributed by atoms with E-state index in [1.807, 2.05) is 0 Å². The molecular weight excluding hydrogens is 484 g/mol. The fourth-order valence-electron chi connectivity index (χ4n) is 3.12. The lowest BCUT2D eigenvalue weighted by atomic mass is 10.0. The molecule has 1 aliphatic heterocycles. The van der Waals surface area contributed by atoms with Crippen molar-refractivity contribution >= 4 is 22.1 Å². The summed E-state index contributed by atoms with van der Waals surface area (Å²) in [5, 5.41) is -1.81. The monoisotopic (exact) mass is 512 g/mol. The van der Waals surface area contributed by atoms with Crippen molar-refractivity contribution in [3.8, 4) is 5.75 Å². The van der Waals surface area contributed by atoms with Crippen molar-refractivity contribution in [2.24, 2.45) is 0 Å². The van der Waals surface area contributed by atoms with Gasteiger partial charge in [-0.25, -0.2) is 13.6 Å². The van der Waals surface area contributed by atoms with E-state index in [0.29, 0.717) is 6.07 Å². The molecule has 1 heterocycles. The lowest BCUT2D eigenvalue weighted by Crippen LogP contribution is -2.50. The number of carbonyl (C=O) groups is 2. The third kappa shape index (κ3) is 7.21. The third-order valence-corrected chi connectivity index (χ3v) is 6.30. The van der Waals surface area contributed by atoms with Crippen LogP contribution in [0, 0.1) is 5.82 Å². The maximum atomic E-state index is 14.7. The molecule has 0 radical (unpaired) electrons. The van der Waals surface area contributed by atoms with Crippen molar-refractivity contribution in [1.82, 2.24) is 10.2 Å². The molecule has 192 valence electrons. The van der Waals surface area contributed by atoms with Crippen LogP contribution < -0.4 is 9.50 Å². The summed E-state index contributed by atoms with van der Waals surface area (Å²) in [6.45, 7) is 5.70. The van der Waals surface area contributed by atoms with Gasteiger partial charge in [0.15, 0.2) is 0 Å². The fraction of sp³-hybridized carbons (Fsp3) is 0.619. The lowest BCUT2D eigenvalue weighted by molar-refractivity contribution is -0.132. The topological polar surface area (TPSA) is 102 Å². The summed E-state index contributed by atoms with van der Waals surface area (Å²) in [4.78, 5) is 26.3. The molecule has 13 heteroatoms. The second-order valence-corrected chi connectivity index (χ2v) is 10.5. The first-order valence-corrected chi connectivity index (χ1v) is 12.0. The molecule has 2 unspecified atom stereocenters. The molecular formula is C21H28F4N2O6S. The van der Waals surface area contributed by atoms with Crippen molar-refractivity contribution in [3.05, 3.63) is 29.6 Å². The van der Waals surface area contributed by atoms with Gasteiger partial charge in [0.2, 0.25) is 5.91 Å². The van der Waals surface area contributed by atoms with E-state index in [1.54, 1.807) is 20.8 Å². The summed E-state index contributed by atoms with van der Waals surface area (Å²) in [6, 6.07) is 1.25. The van der Waals surface area contributed by atoms with Crippen molar-refractivity contribution in [1.29, 1.82) is 0 Å². The normalized spacial score (nSPS) is 17.9. The molecule has 34 heavy (non-hydrogen) atoms. The predicted octanol–water partition coefficient (Wildman–Crippen LogP) is 3.54. The highest BCUT2D eigenvalue weighted by atomic mass is 32.2. The number of rotatable bonds is 8. The number of ether oxygens (including phenoxy) is 1. The molecule has 0 saturated carbocycles. The Morgan fingerprint density at radius 2 is 1.91 bits per heavy atom. The number of carbonyl (C=O) groups excluding carboxylic acids is 2. The van der Waals surface area contributed by atoms with Crippen LogP contribution in [0.1, 0.15) is 46.1 Å². The Hall–Kier alpha value is -2.57. The number of hydrogen-bond donors (Lipinski definition) is 1. The van der Waals surface area contributed by atoms with E-state index in [2.05, 4.69) is 9.50 Å². The number of halogens is 4. The Labute approximate surface area is 195 Å². The van der Waals surface area contributed by atoms with Crippen LogP contribution in [-0.4, -0.2) is 61.5 Å². The zero-order valence-electron chi connectivity index (χ0n) is 19.2. The third-order valence-electron chi connectivity index (χ3n) is 4.86. The van der Waals surface area contributed by atoms with E-state index in [1.165, 1.54) is 4.90 Å². The zero-order valence-corrected chi connectivity index (χ0v) is 20.1. The Kier molecular flexibility index (Phi) is 8.43. The Morgan fingerprint density at radius 3 is 2.41 bits per heavy atom. The number of benzene rings is 1. The first-order chi connectivity index (χ1) is 15.5. The summed E-state index contributed by atoms with van der Waals surface area (Å²) in [6.07, 6.45) is -3.47. The van der Waals surface area contributed by atoms with E-state index in [-0.39, 0.29) is 25.1 Å². The molecule has 0 bridgehead atoms. The molecule has 1 aromatic carbocycles. The molecule has 0 aliphatic carbocycles. The van der Waals surface area contributed by atoms with Crippen LogP contribution in [0.4, 0.5) is 22.4 Å². The van der Waals surface area contributed by atoms with E-state index in [0.717, 1.165) is 19.1 Å². The van der Waals surface area contributed by atoms with E-state index in [4.69, 9.17) is 4.74 Å². The second-order valence-electron chi connectivity index (χ2n) is 8.85. The number of hydrogen-bond acceptors (Lipinski definition) is 6. The fourth-order valence-corrected chi connectivity index (χ4v) is 3.95. The number of likely N-dealkylation sites (tertiary alicyclic amines) is 1. The summed E-state index contributed by atoms with van der Waals surface area (Å²) in [7, 11) is -5.35. The maximum absolute atomic E-state index is 14.7. The average molecular weight is 513 g/mol. The zero-order chi connectivity index (χ0) is 25.9. The predicted molar refractivity (Wildman–Crippen MR) is 114 cm³/mol. The Morgan fingerprint density at radius 1 is 1.26 bits per heavy atom. The highest BCUT2D eigenvalue weighted by Gasteiger charge is 2.45. The van der Waals surface area contributed by atoms with Gasteiger partial charge in [-0.2, -0.15) is 17.2 Å². The average Bonchev–Trinajstić information content (AvgIpc) is 3.13. The van der Waals surface area contributed by atoms with Gasteiger partial charge in [0.25, 0.3) is 0 Å². The van der Waals surface area contributed by atoms with E-state index < -0.39 is 69.6 Å². The highest BCUT2D eigenvalue weighted by molar-refractivity contribution is 7.88. The molecule has 2 rings (SSSR count). The number of alkyl carbamates (subject to hydrolysis) is 1. The second kappa shape index (κ2) is 10.4. The van der Waals surface area contributed by atoms with Gasteiger partial charge in [-0.3, -0.25) is 4.79 Å². The van der Waals surface area contributed by atoms with Crippen LogP contribution in [0.25, 0.3) is 0 Å².